The van der Waals surface area contributed by atoms with Gasteiger partial charge in [0.1, 0.15) is 0 Å². The normalized spacial score (nSPS) is 27.1. The first kappa shape index (κ1) is 44.2. The second-order valence-electron chi connectivity index (χ2n) is 15.2. The Kier molecular flexibility index (Phi) is 14.8. The Hall–Kier alpha value is -5.53. The van der Waals surface area contributed by atoms with Crippen LogP contribution in [0.5, 0.6) is 17.2 Å². The number of hydrogen-bond donors (Lipinski definition) is 4. The van der Waals surface area contributed by atoms with Crippen LogP contribution in [0, 0.1) is 54.7 Å². The second-order valence-corrected chi connectivity index (χ2v) is 15.2. The van der Waals surface area contributed by atoms with E-state index < -0.39 is 69.6 Å². The van der Waals surface area contributed by atoms with Crippen LogP contribution in [0.2, 0.25) is 0 Å². The monoisotopic (exact) mass is 808 g/mol. The number of allylic oxidation sites excluding steroid dienone is 1. The topological polar surface area (TPSA) is 299 Å². The number of rotatable bonds is 16. The predicted molar refractivity (Wildman–Crippen MR) is 191 cm³/mol. The van der Waals surface area contributed by atoms with E-state index in [1.165, 1.54) is 0 Å². The number of carbonyl (C=O) groups excluding carboxylic acids is 4. The van der Waals surface area contributed by atoms with Crippen LogP contribution in [0.3, 0.4) is 0 Å². The highest BCUT2D eigenvalue weighted by atomic mass is 17.0. The molecular weight excluding hydrogens is 760 g/mol. The van der Waals surface area contributed by atoms with Crippen molar-refractivity contribution in [2.75, 3.05) is 26.4 Å². The van der Waals surface area contributed by atoms with Gasteiger partial charge in [-0.1, -0.05) is 19.4 Å². The molecule has 0 aromatic heterocycles. The van der Waals surface area contributed by atoms with Gasteiger partial charge in [0.15, 0.2) is 29.7 Å². The van der Waals surface area contributed by atoms with Crippen molar-refractivity contribution < 1.29 is 78.5 Å². The summed E-state index contributed by atoms with van der Waals surface area (Å²) in [5.74, 6) is -4.28. The minimum atomic E-state index is -1.33. The molecule has 0 amide bonds. The molecule has 1 aromatic rings. The zero-order valence-corrected chi connectivity index (χ0v) is 31.6. The Morgan fingerprint density at radius 3 is 2.25 bits per heavy atom. The zero-order chi connectivity index (χ0) is 42.1. The van der Waals surface area contributed by atoms with Crippen LogP contribution in [0.15, 0.2) is 23.8 Å². The Labute approximate surface area is 326 Å². The molecule has 0 bridgehead atoms. The van der Waals surface area contributed by atoms with Gasteiger partial charge in [0.25, 0.3) is 10.2 Å². The summed E-state index contributed by atoms with van der Waals surface area (Å²) >= 11 is 0. The molecule has 20 nitrogen and oxygen atoms in total. The van der Waals surface area contributed by atoms with Gasteiger partial charge in [0.05, 0.1) is 31.5 Å². The summed E-state index contributed by atoms with van der Waals surface area (Å²) in [7, 11) is 0. The van der Waals surface area contributed by atoms with Gasteiger partial charge in [-0.25, -0.2) is 9.59 Å². The van der Waals surface area contributed by atoms with E-state index in [4.69, 9.17) is 19.3 Å². The minimum absolute atomic E-state index is 0.0151. The molecule has 7 atom stereocenters. The van der Waals surface area contributed by atoms with Gasteiger partial charge < -0.3 is 44.3 Å². The summed E-state index contributed by atoms with van der Waals surface area (Å²) in [4.78, 5) is 88.1. The molecule has 4 aliphatic carbocycles. The fourth-order valence-corrected chi connectivity index (χ4v) is 9.31. The number of phenolic OH excluding ortho intramolecular Hbond substituents is 2. The molecule has 57 heavy (non-hydrogen) atoms. The van der Waals surface area contributed by atoms with Gasteiger partial charge >= 0.3 is 18.1 Å². The van der Waals surface area contributed by atoms with Crippen LogP contribution in [-0.4, -0.2) is 92.8 Å². The molecule has 0 aliphatic heterocycles. The number of aliphatic carboxylic acids is 1. The zero-order valence-electron chi connectivity index (χ0n) is 31.6. The largest absolute Gasteiger partial charge is 0.514 e. The molecule has 4 N–H and O–H groups in total. The summed E-state index contributed by atoms with van der Waals surface area (Å²) in [5.41, 5.74) is 0.149. The number of phenols is 2. The number of nitrogens with zero attached hydrogens (tertiary/aromatic N) is 2. The Morgan fingerprint density at radius 1 is 0.912 bits per heavy atom. The van der Waals surface area contributed by atoms with Gasteiger partial charge in [0, 0.05) is 18.8 Å². The lowest BCUT2D eigenvalue weighted by Crippen LogP contribution is -2.57. The van der Waals surface area contributed by atoms with Crippen LogP contribution < -0.4 is 4.74 Å². The average Bonchev–Trinajstić information content (AvgIpc) is 3.48. The SMILES string of the molecule is CC12CCC(=O)C=C1CCC1C2C(O)CC2(C)C(C(=O)COC(=O)Oc3cc(C(=O)OCCCCO[N+](=O)[O-])cc(O)c3O)CCC12.O=C(O)CCCO[N+](=O)[O-]. The smallest absolute Gasteiger partial charge is 0.504 e. The third-order valence-electron chi connectivity index (χ3n) is 11.8. The molecule has 1 aromatic carbocycles. The predicted octanol–water partition coefficient (Wildman–Crippen LogP) is 4.51. The molecule has 0 radical (unpaired) electrons. The lowest BCUT2D eigenvalue weighted by atomic mass is 9.46. The first-order valence-corrected chi connectivity index (χ1v) is 18.7. The Morgan fingerprint density at radius 2 is 1.58 bits per heavy atom. The minimum Gasteiger partial charge on any atom is -0.504 e. The summed E-state index contributed by atoms with van der Waals surface area (Å²) in [6.07, 6.45) is 5.05. The number of carbonyl (C=O) groups is 5. The molecule has 3 saturated carbocycles. The molecule has 0 saturated heterocycles. The molecule has 0 spiro atoms. The van der Waals surface area contributed by atoms with E-state index in [0.717, 1.165) is 43.4 Å². The van der Waals surface area contributed by atoms with E-state index in [-0.39, 0.29) is 85.8 Å². The van der Waals surface area contributed by atoms with Gasteiger partial charge in [-0.3, -0.25) is 14.4 Å². The molecule has 0 heterocycles. The van der Waals surface area contributed by atoms with Crippen LogP contribution in [0.4, 0.5) is 4.79 Å². The highest BCUT2D eigenvalue weighted by molar-refractivity contribution is 5.92. The lowest BCUT2D eigenvalue weighted by molar-refractivity contribution is -0.757. The summed E-state index contributed by atoms with van der Waals surface area (Å²) in [6, 6.07) is 1.87. The number of fused-ring (bicyclic) bond motifs is 5. The number of aromatic hydroxyl groups is 2. The molecule has 4 aliphatic rings. The van der Waals surface area contributed by atoms with E-state index in [2.05, 4.69) is 16.6 Å². The van der Waals surface area contributed by atoms with Crippen molar-refractivity contribution in [2.24, 2.45) is 34.5 Å². The highest BCUT2D eigenvalue weighted by Crippen LogP contribution is 2.66. The van der Waals surface area contributed by atoms with Crippen LogP contribution in [0.1, 0.15) is 94.8 Å². The van der Waals surface area contributed by atoms with Crippen LogP contribution >= 0.6 is 0 Å². The van der Waals surface area contributed by atoms with Crippen molar-refractivity contribution in [3.63, 3.8) is 0 Å². The van der Waals surface area contributed by atoms with Crippen molar-refractivity contribution in [1.29, 1.82) is 0 Å². The third kappa shape index (κ3) is 10.9. The number of unbranched alkanes of at least 4 members (excludes halogenated alkanes) is 1. The number of carboxylic acids is 1. The number of carboxylic acid groups (broad SMARTS) is 1. The van der Waals surface area contributed by atoms with Crippen molar-refractivity contribution in [3.05, 3.63) is 49.6 Å². The Balaban J connectivity index is 0.000000635. The maximum Gasteiger partial charge on any atom is 0.514 e. The second kappa shape index (κ2) is 19.1. The summed E-state index contributed by atoms with van der Waals surface area (Å²) in [6.45, 7) is 3.17. The van der Waals surface area contributed by atoms with Crippen molar-refractivity contribution in [3.8, 4) is 17.2 Å². The van der Waals surface area contributed by atoms with Gasteiger partial charge in [0.2, 0.25) is 5.75 Å². The number of aliphatic hydroxyl groups is 1. The maximum atomic E-state index is 13.5. The van der Waals surface area contributed by atoms with Crippen molar-refractivity contribution in [2.45, 2.75) is 90.6 Å². The highest BCUT2D eigenvalue weighted by Gasteiger charge is 2.63. The number of benzene rings is 1. The molecule has 7 unspecified atom stereocenters. The molecular formula is C37H48N2O18. The quantitative estimate of drug-likeness (QED) is 0.0446. The fraction of sp³-hybridized carbons (Fsp3) is 0.649. The molecule has 314 valence electrons. The van der Waals surface area contributed by atoms with Crippen molar-refractivity contribution in [1.82, 2.24) is 0 Å². The van der Waals surface area contributed by atoms with Crippen LogP contribution in [-0.2, 0) is 33.5 Å². The number of hydrogen-bond acceptors (Lipinski definition) is 17. The standard InChI is InChI=1S/C33H41NO13.C4H7NO5/c1-32-10-9-20(35)15-19(32)5-6-21-22-7-8-23(33(22,2)16-25(37)28(21)32)26(38)17-45-31(41)47-27-14-18(13-24(36)29(27)39)30(40)44-11-3-4-12-46-34(42)43;6-4(7)2-1-3-10-5(8)9/h13-15,21-23,25,28,36-37,39H,3-12,16-17H2,1-2H3;1-3H2,(H,6,7). The first-order chi connectivity index (χ1) is 26.9. The van der Waals surface area contributed by atoms with E-state index in [0.29, 0.717) is 19.3 Å². The number of ketones is 2. The van der Waals surface area contributed by atoms with Gasteiger partial charge in [-0.2, -0.15) is 0 Å². The van der Waals surface area contributed by atoms with Crippen LogP contribution in [0.25, 0.3) is 0 Å². The summed E-state index contributed by atoms with van der Waals surface area (Å²) in [5, 5.41) is 57.6. The van der Waals surface area contributed by atoms with Gasteiger partial charge in [-0.05, 0) is 105 Å². The summed E-state index contributed by atoms with van der Waals surface area (Å²) < 4.78 is 15.2. The maximum absolute atomic E-state index is 13.5. The number of esters is 1. The lowest BCUT2D eigenvalue weighted by Gasteiger charge is -2.59. The van der Waals surface area contributed by atoms with E-state index >= 15 is 0 Å². The van der Waals surface area contributed by atoms with Gasteiger partial charge in [-0.15, -0.1) is 20.2 Å². The number of ether oxygens (including phenoxy) is 3. The number of Topliss-reactive ketones (excluding diaryl/α,β-unsaturated/α-hetero) is 1. The third-order valence-corrected chi connectivity index (χ3v) is 11.8. The van der Waals surface area contributed by atoms with E-state index in [1.807, 2.05) is 6.92 Å². The molecule has 20 heteroatoms. The molecule has 3 fully saturated rings. The number of aliphatic hydroxyl groups excluding tert-OH is 1. The Bertz CT molecular complexity index is 1730. The van der Waals surface area contributed by atoms with E-state index in [1.54, 1.807) is 6.08 Å². The average molecular weight is 809 g/mol. The van der Waals surface area contributed by atoms with E-state index in [9.17, 15) is 59.5 Å². The fourth-order valence-electron chi connectivity index (χ4n) is 9.31. The van der Waals surface area contributed by atoms with Crippen molar-refractivity contribution >= 4 is 29.7 Å². The molecule has 5 rings (SSSR count). The first-order valence-electron chi connectivity index (χ1n) is 18.7.